The number of aliphatic hydroxyl groups is 1. The van der Waals surface area contributed by atoms with Gasteiger partial charge >= 0.3 is 0 Å². The van der Waals surface area contributed by atoms with Crippen molar-refractivity contribution >= 4 is 23.0 Å². The Kier molecular flexibility index (Phi) is 7.12. The molecule has 1 N–H and O–H groups in total. The Morgan fingerprint density at radius 3 is 2.48 bits per heavy atom. The highest BCUT2D eigenvalue weighted by Crippen LogP contribution is 2.40. The molecule has 1 aromatic heterocycles. The molecule has 1 unspecified atom stereocenters. The Hall–Kier alpha value is -2.71. The van der Waals surface area contributed by atoms with Crippen molar-refractivity contribution in [1.29, 1.82) is 0 Å². The van der Waals surface area contributed by atoms with Crippen LogP contribution in [0.3, 0.4) is 0 Å². The number of carbonyl (C=O) groups excluding carboxylic acids is 2. The summed E-state index contributed by atoms with van der Waals surface area (Å²) in [7, 11) is 3.94. The van der Waals surface area contributed by atoms with Gasteiger partial charge in [-0.3, -0.25) is 9.59 Å². The van der Waals surface area contributed by atoms with Crippen LogP contribution in [0.25, 0.3) is 0 Å². The van der Waals surface area contributed by atoms with Crippen LogP contribution in [-0.4, -0.2) is 65.4 Å². The fourth-order valence-corrected chi connectivity index (χ4v) is 4.67. The second-order valence-electron chi connectivity index (χ2n) is 7.80. The zero-order valence-electron chi connectivity index (χ0n) is 18.6. The maximum atomic E-state index is 13.5. The predicted octanol–water partition coefficient (Wildman–Crippen LogP) is 3.69. The Morgan fingerprint density at radius 2 is 1.94 bits per heavy atom. The first-order valence-corrected chi connectivity index (χ1v) is 11.2. The molecule has 1 atom stereocenters. The first-order valence-electron chi connectivity index (χ1n) is 10.3. The van der Waals surface area contributed by atoms with Crippen LogP contribution in [0.4, 0.5) is 0 Å². The summed E-state index contributed by atoms with van der Waals surface area (Å²) in [4.78, 5) is 34.9. The summed E-state index contributed by atoms with van der Waals surface area (Å²) in [6.45, 7) is 7.28. The zero-order chi connectivity index (χ0) is 22.7. The smallest absolute Gasteiger partial charge is 0.290 e. The molecule has 1 amide bonds. The van der Waals surface area contributed by atoms with E-state index in [-0.39, 0.29) is 11.4 Å². The SMILES string of the molecule is CCOc1ccc(C2C(C(=O)c3sc(C)nc3C)=C(O)C(=O)N2CCCN(C)C)cc1. The number of amides is 1. The Bertz CT molecular complexity index is 995. The number of hydrogen-bond donors (Lipinski definition) is 1. The summed E-state index contributed by atoms with van der Waals surface area (Å²) in [5.74, 6) is -0.619. The van der Waals surface area contributed by atoms with E-state index >= 15 is 0 Å². The number of ether oxygens (including phenoxy) is 1. The third-order valence-electron chi connectivity index (χ3n) is 5.17. The minimum atomic E-state index is -0.653. The van der Waals surface area contributed by atoms with Gasteiger partial charge in [0.05, 0.1) is 33.8 Å². The first-order chi connectivity index (χ1) is 14.7. The molecule has 2 aromatic rings. The monoisotopic (exact) mass is 443 g/mol. The summed E-state index contributed by atoms with van der Waals surface area (Å²) < 4.78 is 5.52. The van der Waals surface area contributed by atoms with Crippen LogP contribution in [0.1, 0.15) is 45.3 Å². The van der Waals surface area contributed by atoms with Crippen molar-refractivity contribution in [2.24, 2.45) is 0 Å². The number of hydrogen-bond acceptors (Lipinski definition) is 7. The fourth-order valence-electron chi connectivity index (χ4n) is 3.80. The van der Waals surface area contributed by atoms with Crippen LogP contribution in [0.15, 0.2) is 35.6 Å². The molecule has 0 fully saturated rings. The first kappa shape index (κ1) is 23.0. The highest BCUT2D eigenvalue weighted by Gasteiger charge is 2.44. The van der Waals surface area contributed by atoms with Gasteiger partial charge in [-0.05, 0) is 65.5 Å². The van der Waals surface area contributed by atoms with Gasteiger partial charge in [-0.2, -0.15) is 0 Å². The van der Waals surface area contributed by atoms with Gasteiger partial charge in [0, 0.05) is 6.54 Å². The number of nitrogens with zero attached hydrogens (tertiary/aromatic N) is 3. The third-order valence-corrected chi connectivity index (χ3v) is 6.24. The van der Waals surface area contributed by atoms with Gasteiger partial charge in [0.2, 0.25) is 5.78 Å². The maximum Gasteiger partial charge on any atom is 0.290 e. The van der Waals surface area contributed by atoms with Crippen molar-refractivity contribution in [2.45, 2.75) is 33.2 Å². The van der Waals surface area contributed by atoms with Gasteiger partial charge < -0.3 is 19.6 Å². The largest absolute Gasteiger partial charge is 0.503 e. The Balaban J connectivity index is 2.01. The predicted molar refractivity (Wildman–Crippen MR) is 121 cm³/mol. The lowest BCUT2D eigenvalue weighted by molar-refractivity contribution is -0.129. The van der Waals surface area contributed by atoms with E-state index in [1.54, 1.807) is 11.8 Å². The van der Waals surface area contributed by atoms with Gasteiger partial charge in [-0.15, -0.1) is 11.3 Å². The number of benzene rings is 1. The molecule has 166 valence electrons. The molecular weight excluding hydrogens is 414 g/mol. The van der Waals surface area contributed by atoms with E-state index in [9.17, 15) is 14.7 Å². The van der Waals surface area contributed by atoms with Crippen molar-refractivity contribution in [1.82, 2.24) is 14.8 Å². The van der Waals surface area contributed by atoms with Crippen LogP contribution >= 0.6 is 11.3 Å². The molecule has 0 saturated carbocycles. The second-order valence-corrected chi connectivity index (χ2v) is 9.00. The summed E-state index contributed by atoms with van der Waals surface area (Å²) in [6, 6.07) is 6.68. The highest BCUT2D eigenvalue weighted by atomic mass is 32.1. The molecule has 1 aliphatic heterocycles. The molecule has 2 heterocycles. The standard InChI is InChI=1S/C23H29N3O4S/c1-6-30-17-10-8-16(9-11-17)19-18(20(27)22-14(2)24-15(3)31-22)21(28)23(29)26(19)13-7-12-25(4)5/h8-11,19,28H,6-7,12-13H2,1-5H3. The van der Waals surface area contributed by atoms with Crippen LogP contribution in [0.2, 0.25) is 0 Å². The van der Waals surface area contributed by atoms with Crippen molar-refractivity contribution in [3.63, 3.8) is 0 Å². The van der Waals surface area contributed by atoms with Gasteiger partial charge in [-0.1, -0.05) is 12.1 Å². The lowest BCUT2D eigenvalue weighted by Gasteiger charge is -2.27. The van der Waals surface area contributed by atoms with Crippen molar-refractivity contribution in [2.75, 3.05) is 33.8 Å². The van der Waals surface area contributed by atoms with E-state index in [2.05, 4.69) is 4.98 Å². The zero-order valence-corrected chi connectivity index (χ0v) is 19.5. The van der Waals surface area contributed by atoms with E-state index in [0.717, 1.165) is 23.5 Å². The van der Waals surface area contributed by atoms with Crippen molar-refractivity contribution in [3.8, 4) is 5.75 Å². The molecular formula is C23H29N3O4S. The van der Waals surface area contributed by atoms with Gasteiger partial charge in [0.1, 0.15) is 5.75 Å². The van der Waals surface area contributed by atoms with E-state index in [4.69, 9.17) is 4.74 Å². The molecule has 0 radical (unpaired) electrons. The summed E-state index contributed by atoms with van der Waals surface area (Å²) >= 11 is 1.28. The Morgan fingerprint density at radius 1 is 1.26 bits per heavy atom. The number of Topliss-reactive ketones (excluding diaryl/α,β-unsaturated/α-hetero) is 1. The van der Waals surface area contributed by atoms with E-state index in [1.165, 1.54) is 11.3 Å². The second kappa shape index (κ2) is 9.62. The maximum absolute atomic E-state index is 13.5. The number of carbonyl (C=O) groups is 2. The number of ketones is 1. The van der Waals surface area contributed by atoms with Crippen molar-refractivity contribution < 1.29 is 19.4 Å². The van der Waals surface area contributed by atoms with Crippen molar-refractivity contribution in [3.05, 3.63) is 56.7 Å². The molecule has 7 nitrogen and oxygen atoms in total. The van der Waals surface area contributed by atoms with E-state index in [0.29, 0.717) is 29.5 Å². The molecule has 0 bridgehead atoms. The number of thiazole rings is 1. The molecule has 0 saturated heterocycles. The molecule has 0 spiro atoms. The average molecular weight is 444 g/mol. The number of aryl methyl sites for hydroxylation is 2. The van der Waals surface area contributed by atoms with Crippen LogP contribution < -0.4 is 4.74 Å². The third kappa shape index (κ3) is 4.80. The number of rotatable bonds is 9. The molecule has 1 aliphatic rings. The van der Waals surface area contributed by atoms with Crippen LogP contribution in [-0.2, 0) is 4.79 Å². The minimum absolute atomic E-state index is 0.116. The molecule has 31 heavy (non-hydrogen) atoms. The van der Waals surface area contributed by atoms with Gasteiger partial charge in [0.15, 0.2) is 5.76 Å². The van der Waals surface area contributed by atoms with E-state index in [1.807, 2.05) is 57.1 Å². The Labute approximate surface area is 187 Å². The quantitative estimate of drug-likeness (QED) is 0.595. The lowest BCUT2D eigenvalue weighted by Crippen LogP contribution is -2.33. The fraction of sp³-hybridized carbons (Fsp3) is 0.435. The minimum Gasteiger partial charge on any atom is -0.503 e. The molecule has 1 aromatic carbocycles. The lowest BCUT2D eigenvalue weighted by atomic mass is 9.95. The average Bonchev–Trinajstić information content (AvgIpc) is 3.18. The summed E-state index contributed by atoms with van der Waals surface area (Å²) in [5.41, 5.74) is 1.48. The van der Waals surface area contributed by atoms with E-state index < -0.39 is 17.7 Å². The number of aromatic nitrogens is 1. The normalized spacial score (nSPS) is 16.5. The molecule has 0 aliphatic carbocycles. The molecule has 8 heteroatoms. The van der Waals surface area contributed by atoms with Crippen LogP contribution in [0, 0.1) is 13.8 Å². The van der Waals surface area contributed by atoms with Gasteiger partial charge in [-0.25, -0.2) is 4.98 Å². The highest BCUT2D eigenvalue weighted by molar-refractivity contribution is 7.14. The van der Waals surface area contributed by atoms with Gasteiger partial charge in [0.25, 0.3) is 5.91 Å². The summed E-state index contributed by atoms with van der Waals surface area (Å²) in [5, 5.41) is 11.5. The number of aliphatic hydroxyl groups excluding tert-OH is 1. The van der Waals surface area contributed by atoms with Crippen LogP contribution in [0.5, 0.6) is 5.75 Å². The summed E-state index contributed by atoms with van der Waals surface area (Å²) in [6.07, 6.45) is 0.722. The molecule has 3 rings (SSSR count). The topological polar surface area (TPSA) is 83.0 Å².